The predicted molar refractivity (Wildman–Crippen MR) is 99.3 cm³/mol. The molecule has 0 radical (unpaired) electrons. The van der Waals surface area contributed by atoms with Gasteiger partial charge in [0.15, 0.2) is 0 Å². The number of carbonyl (C=O) groups excluding carboxylic acids is 2. The molecule has 2 heterocycles. The highest BCUT2D eigenvalue weighted by molar-refractivity contribution is 5.89. The Morgan fingerprint density at radius 3 is 2.70 bits per heavy atom. The standard InChI is InChI=1S/C20H23N3O4/c1-26-17-5-7-18(8-6-17)27-11-10-22-20(25)15-12-19(24)23(13-15)14-16-4-2-3-9-21-16/h2-9,15H,10-14H2,1H3,(H,22,25). The van der Waals surface area contributed by atoms with Crippen molar-refractivity contribution in [3.05, 3.63) is 54.4 Å². The molecule has 0 saturated carbocycles. The molecular formula is C20H23N3O4. The van der Waals surface area contributed by atoms with Crippen molar-refractivity contribution < 1.29 is 19.1 Å². The van der Waals surface area contributed by atoms with Gasteiger partial charge in [0.1, 0.15) is 18.1 Å². The summed E-state index contributed by atoms with van der Waals surface area (Å²) in [6.45, 7) is 1.59. The number of rotatable bonds is 8. The first-order valence-electron chi connectivity index (χ1n) is 8.88. The number of nitrogens with one attached hydrogen (secondary N) is 1. The van der Waals surface area contributed by atoms with E-state index in [4.69, 9.17) is 9.47 Å². The van der Waals surface area contributed by atoms with E-state index in [1.165, 1.54) is 0 Å². The lowest BCUT2D eigenvalue weighted by Crippen LogP contribution is -2.35. The van der Waals surface area contributed by atoms with Gasteiger partial charge in [0.05, 0.1) is 31.8 Å². The van der Waals surface area contributed by atoms with E-state index in [-0.39, 0.29) is 24.2 Å². The molecule has 0 bridgehead atoms. The Labute approximate surface area is 158 Å². The Balaban J connectivity index is 1.40. The molecule has 1 unspecified atom stereocenters. The van der Waals surface area contributed by atoms with Crippen molar-refractivity contribution in [1.29, 1.82) is 0 Å². The SMILES string of the molecule is COc1ccc(OCCNC(=O)C2CC(=O)N(Cc3ccccn3)C2)cc1. The van der Waals surface area contributed by atoms with E-state index in [9.17, 15) is 9.59 Å². The number of ether oxygens (including phenoxy) is 2. The van der Waals surface area contributed by atoms with Crippen LogP contribution in [-0.4, -0.2) is 48.5 Å². The van der Waals surface area contributed by atoms with Crippen LogP contribution in [0.3, 0.4) is 0 Å². The minimum absolute atomic E-state index is 0.0183. The van der Waals surface area contributed by atoms with Crippen molar-refractivity contribution >= 4 is 11.8 Å². The third-order valence-corrected chi connectivity index (χ3v) is 4.39. The van der Waals surface area contributed by atoms with E-state index in [0.717, 1.165) is 11.4 Å². The van der Waals surface area contributed by atoms with Gasteiger partial charge in [-0.2, -0.15) is 0 Å². The van der Waals surface area contributed by atoms with Crippen molar-refractivity contribution in [1.82, 2.24) is 15.2 Å². The van der Waals surface area contributed by atoms with Crippen LogP contribution in [0.4, 0.5) is 0 Å². The summed E-state index contributed by atoms with van der Waals surface area (Å²) in [4.78, 5) is 30.4. The van der Waals surface area contributed by atoms with E-state index < -0.39 is 0 Å². The molecule has 142 valence electrons. The summed E-state index contributed by atoms with van der Waals surface area (Å²) in [6.07, 6.45) is 1.93. The lowest BCUT2D eigenvalue weighted by molar-refractivity contribution is -0.129. The Hall–Kier alpha value is -3.09. The highest BCUT2D eigenvalue weighted by Gasteiger charge is 2.34. The van der Waals surface area contributed by atoms with E-state index in [1.54, 1.807) is 18.2 Å². The maximum absolute atomic E-state index is 12.3. The summed E-state index contributed by atoms with van der Waals surface area (Å²) in [5.74, 6) is 1.00. The van der Waals surface area contributed by atoms with Crippen LogP contribution in [0.5, 0.6) is 11.5 Å². The monoisotopic (exact) mass is 369 g/mol. The fourth-order valence-electron chi connectivity index (χ4n) is 2.95. The van der Waals surface area contributed by atoms with Gasteiger partial charge < -0.3 is 19.7 Å². The number of likely N-dealkylation sites (tertiary alicyclic amines) is 1. The third-order valence-electron chi connectivity index (χ3n) is 4.39. The van der Waals surface area contributed by atoms with E-state index in [1.807, 2.05) is 42.5 Å². The summed E-state index contributed by atoms with van der Waals surface area (Å²) >= 11 is 0. The van der Waals surface area contributed by atoms with E-state index in [2.05, 4.69) is 10.3 Å². The molecule has 0 aliphatic carbocycles. The van der Waals surface area contributed by atoms with Crippen LogP contribution in [-0.2, 0) is 16.1 Å². The summed E-state index contributed by atoms with van der Waals surface area (Å²) in [6, 6.07) is 12.8. The topological polar surface area (TPSA) is 80.8 Å². The van der Waals surface area contributed by atoms with E-state index in [0.29, 0.717) is 32.0 Å². The lowest BCUT2D eigenvalue weighted by Gasteiger charge is -2.16. The van der Waals surface area contributed by atoms with Crippen LogP contribution in [0.25, 0.3) is 0 Å². The van der Waals surface area contributed by atoms with Crippen molar-refractivity contribution in [3.8, 4) is 11.5 Å². The van der Waals surface area contributed by atoms with Crippen LogP contribution in [0.2, 0.25) is 0 Å². The van der Waals surface area contributed by atoms with Gasteiger partial charge in [0, 0.05) is 19.2 Å². The second-order valence-electron chi connectivity index (χ2n) is 6.31. The van der Waals surface area contributed by atoms with Gasteiger partial charge in [-0.15, -0.1) is 0 Å². The van der Waals surface area contributed by atoms with Crippen LogP contribution >= 0.6 is 0 Å². The van der Waals surface area contributed by atoms with E-state index >= 15 is 0 Å². The molecule has 7 nitrogen and oxygen atoms in total. The molecule has 0 spiro atoms. The highest BCUT2D eigenvalue weighted by atomic mass is 16.5. The molecule has 3 rings (SSSR count). The molecule has 1 aromatic carbocycles. The molecule has 1 N–H and O–H groups in total. The summed E-state index contributed by atoms with van der Waals surface area (Å²) < 4.78 is 10.7. The second-order valence-corrected chi connectivity index (χ2v) is 6.31. The van der Waals surface area contributed by atoms with Gasteiger partial charge in [-0.05, 0) is 36.4 Å². The average molecular weight is 369 g/mol. The van der Waals surface area contributed by atoms with Gasteiger partial charge in [-0.3, -0.25) is 14.6 Å². The van der Waals surface area contributed by atoms with Gasteiger partial charge in [-0.25, -0.2) is 0 Å². The van der Waals surface area contributed by atoms with Crippen LogP contribution in [0.1, 0.15) is 12.1 Å². The number of hydrogen-bond donors (Lipinski definition) is 1. The highest BCUT2D eigenvalue weighted by Crippen LogP contribution is 2.20. The minimum atomic E-state index is -0.331. The average Bonchev–Trinajstić information content (AvgIpc) is 3.07. The Bertz CT molecular complexity index is 765. The van der Waals surface area contributed by atoms with Gasteiger partial charge in [0.25, 0.3) is 0 Å². The Morgan fingerprint density at radius 1 is 1.22 bits per heavy atom. The smallest absolute Gasteiger partial charge is 0.225 e. The number of carbonyl (C=O) groups is 2. The molecule has 27 heavy (non-hydrogen) atoms. The number of benzene rings is 1. The number of nitrogens with zero attached hydrogens (tertiary/aromatic N) is 2. The maximum Gasteiger partial charge on any atom is 0.225 e. The first-order chi connectivity index (χ1) is 13.2. The second kappa shape index (κ2) is 9.02. The summed E-state index contributed by atoms with van der Waals surface area (Å²) in [5.41, 5.74) is 0.819. The molecule has 1 atom stereocenters. The zero-order valence-electron chi connectivity index (χ0n) is 15.3. The van der Waals surface area contributed by atoms with Crippen molar-refractivity contribution in [2.75, 3.05) is 26.8 Å². The van der Waals surface area contributed by atoms with Crippen LogP contribution in [0, 0.1) is 5.92 Å². The maximum atomic E-state index is 12.3. The fraction of sp³-hybridized carbons (Fsp3) is 0.350. The molecule has 1 saturated heterocycles. The zero-order chi connectivity index (χ0) is 19.1. The predicted octanol–water partition coefficient (Wildman–Crippen LogP) is 1.63. The molecule has 1 aliphatic rings. The number of pyridine rings is 1. The number of methoxy groups -OCH3 is 1. The van der Waals surface area contributed by atoms with Crippen molar-refractivity contribution in [2.45, 2.75) is 13.0 Å². The number of hydrogen-bond acceptors (Lipinski definition) is 5. The first kappa shape index (κ1) is 18.7. The molecule has 1 aromatic heterocycles. The summed E-state index contributed by atoms with van der Waals surface area (Å²) in [7, 11) is 1.61. The van der Waals surface area contributed by atoms with Gasteiger partial charge in [-0.1, -0.05) is 6.07 Å². The Kier molecular flexibility index (Phi) is 6.25. The first-order valence-corrected chi connectivity index (χ1v) is 8.88. The van der Waals surface area contributed by atoms with Crippen molar-refractivity contribution in [3.63, 3.8) is 0 Å². The molecule has 1 aliphatic heterocycles. The third kappa shape index (κ3) is 5.20. The molecule has 2 amide bonds. The molecule has 1 fully saturated rings. The largest absolute Gasteiger partial charge is 0.497 e. The number of amides is 2. The normalized spacial score (nSPS) is 16.3. The van der Waals surface area contributed by atoms with Gasteiger partial charge in [0.2, 0.25) is 11.8 Å². The Morgan fingerprint density at radius 2 is 2.00 bits per heavy atom. The quantitative estimate of drug-likeness (QED) is 0.716. The van der Waals surface area contributed by atoms with Gasteiger partial charge >= 0.3 is 0 Å². The lowest BCUT2D eigenvalue weighted by atomic mass is 10.1. The zero-order valence-corrected chi connectivity index (χ0v) is 15.3. The minimum Gasteiger partial charge on any atom is -0.497 e. The fourth-order valence-corrected chi connectivity index (χ4v) is 2.95. The van der Waals surface area contributed by atoms with Crippen LogP contribution in [0.15, 0.2) is 48.7 Å². The molecular weight excluding hydrogens is 346 g/mol. The number of aromatic nitrogens is 1. The molecule has 2 aromatic rings. The van der Waals surface area contributed by atoms with Crippen molar-refractivity contribution in [2.24, 2.45) is 5.92 Å². The molecule has 7 heteroatoms. The summed E-state index contributed by atoms with van der Waals surface area (Å²) in [5, 5.41) is 2.84. The van der Waals surface area contributed by atoms with Crippen LogP contribution < -0.4 is 14.8 Å².